The molecule has 0 aliphatic heterocycles. The molecule has 1 aromatic heterocycles. The standard InChI is InChI=1S/C11H18BrN3/c1-9(2)15(3)5-4-14-11-6-10(12)7-13-8-11/h6-9,14H,4-5H2,1-3H3. The van der Waals surface area contributed by atoms with Crippen LogP contribution in [0.2, 0.25) is 0 Å². The zero-order valence-electron chi connectivity index (χ0n) is 9.50. The molecule has 84 valence electrons. The number of hydrogen-bond donors (Lipinski definition) is 1. The fourth-order valence-electron chi connectivity index (χ4n) is 1.14. The van der Waals surface area contributed by atoms with E-state index < -0.39 is 0 Å². The first-order valence-electron chi connectivity index (χ1n) is 5.14. The molecule has 0 fully saturated rings. The van der Waals surface area contributed by atoms with Crippen molar-refractivity contribution in [1.82, 2.24) is 9.88 Å². The van der Waals surface area contributed by atoms with Gasteiger partial charge in [-0.25, -0.2) is 0 Å². The van der Waals surface area contributed by atoms with E-state index in [-0.39, 0.29) is 0 Å². The summed E-state index contributed by atoms with van der Waals surface area (Å²) in [5.41, 5.74) is 1.06. The Balaban J connectivity index is 2.32. The van der Waals surface area contributed by atoms with Crippen molar-refractivity contribution in [2.24, 2.45) is 0 Å². The maximum absolute atomic E-state index is 4.09. The van der Waals surface area contributed by atoms with E-state index in [1.165, 1.54) is 0 Å². The molecular weight excluding hydrogens is 254 g/mol. The van der Waals surface area contributed by atoms with Gasteiger partial charge in [-0.3, -0.25) is 4.98 Å². The minimum absolute atomic E-state index is 0.590. The molecule has 0 amide bonds. The van der Waals surface area contributed by atoms with E-state index in [9.17, 15) is 0 Å². The van der Waals surface area contributed by atoms with Gasteiger partial charge in [0.2, 0.25) is 0 Å². The summed E-state index contributed by atoms with van der Waals surface area (Å²) in [7, 11) is 2.13. The molecule has 0 unspecified atom stereocenters. The van der Waals surface area contributed by atoms with Crippen LogP contribution in [-0.4, -0.2) is 36.1 Å². The zero-order valence-corrected chi connectivity index (χ0v) is 11.1. The Kier molecular flexibility index (Phi) is 5.05. The first-order valence-corrected chi connectivity index (χ1v) is 5.93. The van der Waals surface area contributed by atoms with Gasteiger partial charge in [-0.15, -0.1) is 0 Å². The highest BCUT2D eigenvalue weighted by atomic mass is 79.9. The van der Waals surface area contributed by atoms with E-state index >= 15 is 0 Å². The van der Waals surface area contributed by atoms with E-state index in [0.717, 1.165) is 23.2 Å². The van der Waals surface area contributed by atoms with E-state index in [2.05, 4.69) is 52.0 Å². The number of nitrogens with one attached hydrogen (secondary N) is 1. The average molecular weight is 272 g/mol. The maximum atomic E-state index is 4.09. The summed E-state index contributed by atoms with van der Waals surface area (Å²) >= 11 is 3.39. The van der Waals surface area contributed by atoms with Crippen LogP contribution in [0, 0.1) is 0 Å². The number of likely N-dealkylation sites (N-methyl/N-ethyl adjacent to an activating group) is 1. The number of hydrogen-bond acceptors (Lipinski definition) is 3. The average Bonchev–Trinajstić information content (AvgIpc) is 2.17. The molecular formula is C11H18BrN3. The minimum Gasteiger partial charge on any atom is -0.382 e. The second kappa shape index (κ2) is 6.08. The fraction of sp³-hybridized carbons (Fsp3) is 0.545. The van der Waals surface area contributed by atoms with Gasteiger partial charge in [-0.1, -0.05) is 0 Å². The highest BCUT2D eigenvalue weighted by molar-refractivity contribution is 9.10. The van der Waals surface area contributed by atoms with Crippen LogP contribution >= 0.6 is 15.9 Å². The van der Waals surface area contributed by atoms with Gasteiger partial charge in [0, 0.05) is 29.8 Å². The van der Waals surface area contributed by atoms with Gasteiger partial charge in [-0.05, 0) is 42.9 Å². The largest absolute Gasteiger partial charge is 0.382 e. The van der Waals surface area contributed by atoms with Crippen LogP contribution in [0.5, 0.6) is 0 Å². The first-order chi connectivity index (χ1) is 7.09. The molecule has 3 nitrogen and oxygen atoms in total. The molecule has 0 bridgehead atoms. The Morgan fingerprint density at radius 2 is 2.20 bits per heavy atom. The highest BCUT2D eigenvalue weighted by Crippen LogP contribution is 2.13. The molecule has 0 saturated heterocycles. The molecule has 0 atom stereocenters. The Labute approximate surface area is 100 Å². The zero-order chi connectivity index (χ0) is 11.3. The number of pyridine rings is 1. The second-order valence-electron chi connectivity index (χ2n) is 3.89. The van der Waals surface area contributed by atoms with E-state index in [0.29, 0.717) is 6.04 Å². The van der Waals surface area contributed by atoms with E-state index in [1.807, 2.05) is 12.3 Å². The molecule has 0 aromatic carbocycles. The third-order valence-corrected chi connectivity index (χ3v) is 2.81. The number of rotatable bonds is 5. The molecule has 15 heavy (non-hydrogen) atoms. The smallest absolute Gasteiger partial charge is 0.0538 e. The first kappa shape index (κ1) is 12.5. The van der Waals surface area contributed by atoms with Crippen molar-refractivity contribution in [3.8, 4) is 0 Å². The Bertz CT molecular complexity index is 302. The van der Waals surface area contributed by atoms with Gasteiger partial charge in [0.15, 0.2) is 0 Å². The molecule has 0 radical (unpaired) electrons. The molecule has 1 N–H and O–H groups in total. The lowest BCUT2D eigenvalue weighted by Crippen LogP contribution is -2.31. The van der Waals surface area contributed by atoms with Crippen LogP contribution in [0.3, 0.4) is 0 Å². The van der Waals surface area contributed by atoms with Gasteiger partial charge >= 0.3 is 0 Å². The molecule has 4 heteroatoms. The van der Waals surface area contributed by atoms with Crippen LogP contribution < -0.4 is 5.32 Å². The summed E-state index contributed by atoms with van der Waals surface area (Å²) < 4.78 is 1.00. The maximum Gasteiger partial charge on any atom is 0.0538 e. The molecule has 0 aliphatic rings. The number of halogens is 1. The lowest BCUT2D eigenvalue weighted by atomic mass is 10.3. The van der Waals surface area contributed by atoms with Crippen LogP contribution in [0.1, 0.15) is 13.8 Å². The predicted molar refractivity (Wildman–Crippen MR) is 68.2 cm³/mol. The third-order valence-electron chi connectivity index (χ3n) is 2.38. The van der Waals surface area contributed by atoms with Gasteiger partial charge in [-0.2, -0.15) is 0 Å². The number of aromatic nitrogens is 1. The van der Waals surface area contributed by atoms with Crippen molar-refractivity contribution in [3.05, 3.63) is 22.9 Å². The molecule has 0 saturated carbocycles. The minimum atomic E-state index is 0.590. The third kappa shape index (κ3) is 4.62. The Morgan fingerprint density at radius 1 is 1.47 bits per heavy atom. The Hall–Kier alpha value is -0.610. The topological polar surface area (TPSA) is 28.2 Å². The van der Waals surface area contributed by atoms with Gasteiger partial charge < -0.3 is 10.2 Å². The summed E-state index contributed by atoms with van der Waals surface area (Å²) in [6.45, 7) is 6.36. The van der Waals surface area contributed by atoms with Crippen molar-refractivity contribution in [2.75, 3.05) is 25.5 Å². The number of anilines is 1. The highest BCUT2D eigenvalue weighted by Gasteiger charge is 2.01. The van der Waals surface area contributed by atoms with Gasteiger partial charge in [0.1, 0.15) is 0 Å². The summed E-state index contributed by atoms with van der Waals surface area (Å²) in [4.78, 5) is 6.40. The second-order valence-corrected chi connectivity index (χ2v) is 4.81. The van der Waals surface area contributed by atoms with Gasteiger partial charge in [0.05, 0.1) is 11.9 Å². The van der Waals surface area contributed by atoms with Gasteiger partial charge in [0.25, 0.3) is 0 Å². The molecule has 0 aliphatic carbocycles. The van der Waals surface area contributed by atoms with Crippen molar-refractivity contribution < 1.29 is 0 Å². The van der Waals surface area contributed by atoms with E-state index in [4.69, 9.17) is 0 Å². The molecule has 1 rings (SSSR count). The summed E-state index contributed by atoms with van der Waals surface area (Å²) in [6.07, 6.45) is 3.62. The van der Waals surface area contributed by atoms with Crippen molar-refractivity contribution in [2.45, 2.75) is 19.9 Å². The molecule has 0 spiro atoms. The van der Waals surface area contributed by atoms with Crippen LogP contribution in [-0.2, 0) is 0 Å². The normalized spacial score (nSPS) is 11.1. The molecule has 1 heterocycles. The SMILES string of the molecule is CC(C)N(C)CCNc1cncc(Br)c1. The van der Waals surface area contributed by atoms with Crippen molar-refractivity contribution in [1.29, 1.82) is 0 Å². The summed E-state index contributed by atoms with van der Waals surface area (Å²) in [5.74, 6) is 0. The lowest BCUT2D eigenvalue weighted by Gasteiger charge is -2.21. The monoisotopic (exact) mass is 271 g/mol. The number of nitrogens with zero attached hydrogens (tertiary/aromatic N) is 2. The van der Waals surface area contributed by atoms with Crippen LogP contribution in [0.15, 0.2) is 22.9 Å². The molecule has 1 aromatic rings. The van der Waals surface area contributed by atoms with Crippen LogP contribution in [0.4, 0.5) is 5.69 Å². The van der Waals surface area contributed by atoms with Crippen molar-refractivity contribution >= 4 is 21.6 Å². The quantitative estimate of drug-likeness (QED) is 0.893. The lowest BCUT2D eigenvalue weighted by molar-refractivity contribution is 0.284. The van der Waals surface area contributed by atoms with E-state index in [1.54, 1.807) is 6.20 Å². The Morgan fingerprint density at radius 3 is 2.80 bits per heavy atom. The summed E-state index contributed by atoms with van der Waals surface area (Å²) in [5, 5.41) is 3.34. The fourth-order valence-corrected chi connectivity index (χ4v) is 1.51. The van der Waals surface area contributed by atoms with Crippen molar-refractivity contribution in [3.63, 3.8) is 0 Å². The predicted octanol–water partition coefficient (Wildman–Crippen LogP) is 2.60. The van der Waals surface area contributed by atoms with Crippen LogP contribution in [0.25, 0.3) is 0 Å². The summed E-state index contributed by atoms with van der Waals surface area (Å²) in [6, 6.07) is 2.62.